The molecule has 2 N–H and O–H groups in total. The number of β-amino-alcohol motifs (C(OH)–C–C–N with tert-alkyl or cyclic N) is 1. The van der Waals surface area contributed by atoms with E-state index in [9.17, 15) is 10.1 Å². The van der Waals surface area contributed by atoms with Gasteiger partial charge in [0.2, 0.25) is 11.6 Å². The molecular formula is C17H19N7O3S. The summed E-state index contributed by atoms with van der Waals surface area (Å²) in [5.41, 5.74) is 0.671. The van der Waals surface area contributed by atoms with E-state index in [0.29, 0.717) is 43.7 Å². The van der Waals surface area contributed by atoms with Crippen LogP contribution in [0.2, 0.25) is 0 Å². The van der Waals surface area contributed by atoms with Gasteiger partial charge in [0, 0.05) is 32.7 Å². The quantitative estimate of drug-likeness (QED) is 0.471. The van der Waals surface area contributed by atoms with Gasteiger partial charge in [-0.05, 0) is 12.1 Å². The molecule has 0 unspecified atom stereocenters. The summed E-state index contributed by atoms with van der Waals surface area (Å²) in [7, 11) is 0. The highest BCUT2D eigenvalue weighted by Gasteiger charge is 2.29. The van der Waals surface area contributed by atoms with Crippen molar-refractivity contribution in [3.05, 3.63) is 40.7 Å². The summed E-state index contributed by atoms with van der Waals surface area (Å²) in [5.74, 6) is 0.430. The molecule has 1 aliphatic heterocycles. The first-order valence-corrected chi connectivity index (χ1v) is 9.67. The molecule has 1 aromatic carbocycles. The first-order chi connectivity index (χ1) is 13.7. The summed E-state index contributed by atoms with van der Waals surface area (Å²) in [6.45, 7) is 3.32. The van der Waals surface area contributed by atoms with Gasteiger partial charge < -0.3 is 15.3 Å². The maximum Gasteiger partial charge on any atom is 0.353 e. The van der Waals surface area contributed by atoms with Crippen molar-refractivity contribution >= 4 is 44.0 Å². The lowest BCUT2D eigenvalue weighted by Crippen LogP contribution is -2.47. The fraction of sp³-hybridized carbons (Fsp3) is 0.353. The molecule has 1 fully saturated rings. The molecule has 146 valence electrons. The highest BCUT2D eigenvalue weighted by Crippen LogP contribution is 2.35. The topological polar surface area (TPSA) is 121 Å². The van der Waals surface area contributed by atoms with E-state index in [1.54, 1.807) is 0 Å². The van der Waals surface area contributed by atoms with Crippen LogP contribution in [0.4, 0.5) is 22.5 Å². The largest absolute Gasteiger partial charge is 0.395 e. The lowest BCUT2D eigenvalue weighted by atomic mass is 10.3. The lowest BCUT2D eigenvalue weighted by molar-refractivity contribution is -0.383. The highest BCUT2D eigenvalue weighted by molar-refractivity contribution is 7.22. The van der Waals surface area contributed by atoms with Crippen LogP contribution in [-0.2, 0) is 0 Å². The van der Waals surface area contributed by atoms with Crippen LogP contribution in [0, 0.1) is 10.1 Å². The number of aliphatic hydroxyl groups excluding tert-OH is 1. The van der Waals surface area contributed by atoms with Crippen LogP contribution in [0.5, 0.6) is 0 Å². The van der Waals surface area contributed by atoms with Gasteiger partial charge in [0.15, 0.2) is 5.13 Å². The zero-order valence-corrected chi connectivity index (χ0v) is 15.8. The number of hydrogen-bond donors (Lipinski definition) is 2. The summed E-state index contributed by atoms with van der Waals surface area (Å²) in [6.07, 6.45) is 1.33. The van der Waals surface area contributed by atoms with Crippen LogP contribution in [-0.4, -0.2) is 69.2 Å². The molecule has 1 aliphatic rings. The van der Waals surface area contributed by atoms with E-state index in [2.05, 4.69) is 25.2 Å². The molecule has 0 bridgehead atoms. The maximum absolute atomic E-state index is 11.8. The Labute approximate surface area is 164 Å². The molecule has 2 aromatic heterocycles. The Balaban J connectivity index is 1.61. The SMILES string of the molecule is O=[N+]([O-])c1c(Nc2nc3ccccc3s2)ncnc1N1CCN(CCO)CC1. The summed E-state index contributed by atoms with van der Waals surface area (Å²) in [5, 5.41) is 24.4. The fourth-order valence-electron chi connectivity index (χ4n) is 3.21. The minimum Gasteiger partial charge on any atom is -0.395 e. The average Bonchev–Trinajstić information content (AvgIpc) is 3.11. The van der Waals surface area contributed by atoms with Gasteiger partial charge in [-0.1, -0.05) is 23.5 Å². The Bertz CT molecular complexity index is 955. The second kappa shape index (κ2) is 8.00. The predicted octanol–water partition coefficient (Wildman–Crippen LogP) is 1.85. The molecule has 11 heteroatoms. The third-order valence-corrected chi connectivity index (χ3v) is 5.54. The standard InChI is InChI=1S/C17H19N7O3S/c25-10-9-22-5-7-23(8-6-22)16-14(24(26)27)15(18-11-19-16)21-17-20-12-3-1-2-4-13(12)28-17/h1-4,11,25H,5-10H2,(H,18,19,20,21). The maximum atomic E-state index is 11.8. The number of aliphatic hydroxyl groups is 1. The first-order valence-electron chi connectivity index (χ1n) is 8.86. The molecule has 1 saturated heterocycles. The summed E-state index contributed by atoms with van der Waals surface area (Å²) >= 11 is 1.41. The molecule has 10 nitrogen and oxygen atoms in total. The Morgan fingerprint density at radius 3 is 2.71 bits per heavy atom. The molecule has 4 rings (SSSR count). The zero-order chi connectivity index (χ0) is 19.5. The van der Waals surface area contributed by atoms with E-state index >= 15 is 0 Å². The molecule has 0 aliphatic carbocycles. The Morgan fingerprint density at radius 1 is 1.21 bits per heavy atom. The van der Waals surface area contributed by atoms with Crippen molar-refractivity contribution in [2.45, 2.75) is 0 Å². The van der Waals surface area contributed by atoms with Crippen LogP contribution in [0.3, 0.4) is 0 Å². The number of thiazole rings is 1. The number of rotatable bonds is 6. The van der Waals surface area contributed by atoms with Crippen LogP contribution in [0.1, 0.15) is 0 Å². The van der Waals surface area contributed by atoms with E-state index in [4.69, 9.17) is 5.11 Å². The second-order valence-corrected chi connectivity index (χ2v) is 7.35. The van der Waals surface area contributed by atoms with E-state index in [-0.39, 0.29) is 18.1 Å². The van der Waals surface area contributed by atoms with E-state index in [1.165, 1.54) is 17.7 Å². The Hall–Kier alpha value is -2.89. The third-order valence-electron chi connectivity index (χ3n) is 4.59. The summed E-state index contributed by atoms with van der Waals surface area (Å²) in [6, 6.07) is 7.66. The van der Waals surface area contributed by atoms with Crippen LogP contribution in [0.15, 0.2) is 30.6 Å². The molecule has 0 spiro atoms. The zero-order valence-electron chi connectivity index (χ0n) is 15.0. The number of nitrogens with one attached hydrogen (secondary N) is 1. The van der Waals surface area contributed by atoms with E-state index in [0.717, 1.165) is 10.2 Å². The van der Waals surface area contributed by atoms with Gasteiger partial charge in [-0.3, -0.25) is 15.0 Å². The van der Waals surface area contributed by atoms with Crippen LogP contribution < -0.4 is 10.2 Å². The van der Waals surface area contributed by atoms with Crippen molar-refractivity contribution in [3.63, 3.8) is 0 Å². The number of fused-ring (bicyclic) bond motifs is 1. The van der Waals surface area contributed by atoms with Crippen molar-refractivity contribution in [3.8, 4) is 0 Å². The van der Waals surface area contributed by atoms with Crippen molar-refractivity contribution in [2.24, 2.45) is 0 Å². The first kappa shape index (κ1) is 18.5. The van der Waals surface area contributed by atoms with Gasteiger partial charge in [-0.25, -0.2) is 15.0 Å². The van der Waals surface area contributed by atoms with Gasteiger partial charge in [0.05, 0.1) is 21.7 Å². The highest BCUT2D eigenvalue weighted by atomic mass is 32.1. The number of para-hydroxylation sites is 1. The minimum atomic E-state index is -0.453. The number of aromatic nitrogens is 3. The minimum absolute atomic E-state index is 0.101. The lowest BCUT2D eigenvalue weighted by Gasteiger charge is -2.34. The molecule has 0 atom stereocenters. The second-order valence-electron chi connectivity index (χ2n) is 6.32. The number of nitrogens with zero attached hydrogens (tertiary/aromatic N) is 6. The molecule has 0 radical (unpaired) electrons. The van der Waals surface area contributed by atoms with Crippen molar-refractivity contribution in [1.82, 2.24) is 19.9 Å². The number of hydrogen-bond acceptors (Lipinski definition) is 10. The van der Waals surface area contributed by atoms with Gasteiger partial charge in [-0.2, -0.15) is 0 Å². The number of anilines is 3. The van der Waals surface area contributed by atoms with E-state index < -0.39 is 4.92 Å². The number of piperazine rings is 1. The molecule has 0 saturated carbocycles. The molecule has 3 aromatic rings. The Morgan fingerprint density at radius 2 is 2.00 bits per heavy atom. The van der Waals surface area contributed by atoms with E-state index in [1.807, 2.05) is 29.2 Å². The normalized spacial score (nSPS) is 15.1. The van der Waals surface area contributed by atoms with Crippen molar-refractivity contribution in [1.29, 1.82) is 0 Å². The van der Waals surface area contributed by atoms with Crippen LogP contribution >= 0.6 is 11.3 Å². The number of benzene rings is 1. The van der Waals surface area contributed by atoms with Gasteiger partial charge >= 0.3 is 5.69 Å². The smallest absolute Gasteiger partial charge is 0.353 e. The van der Waals surface area contributed by atoms with Gasteiger partial charge in [0.1, 0.15) is 6.33 Å². The molecule has 3 heterocycles. The number of nitro groups is 1. The van der Waals surface area contributed by atoms with Gasteiger partial charge in [-0.15, -0.1) is 0 Å². The molecule has 28 heavy (non-hydrogen) atoms. The van der Waals surface area contributed by atoms with Crippen molar-refractivity contribution in [2.75, 3.05) is 49.5 Å². The van der Waals surface area contributed by atoms with Crippen molar-refractivity contribution < 1.29 is 10.0 Å². The summed E-state index contributed by atoms with van der Waals surface area (Å²) < 4.78 is 0.988. The Kier molecular flexibility index (Phi) is 5.28. The fourth-order valence-corrected chi connectivity index (χ4v) is 4.08. The van der Waals surface area contributed by atoms with Gasteiger partial charge in [0.25, 0.3) is 0 Å². The molecule has 0 amide bonds. The third kappa shape index (κ3) is 3.72. The summed E-state index contributed by atoms with van der Waals surface area (Å²) in [4.78, 5) is 28.1. The molecular weight excluding hydrogens is 382 g/mol. The predicted molar refractivity (Wildman–Crippen MR) is 107 cm³/mol. The monoisotopic (exact) mass is 401 g/mol. The average molecular weight is 401 g/mol. The van der Waals surface area contributed by atoms with Crippen LogP contribution in [0.25, 0.3) is 10.2 Å².